The smallest absolute Gasteiger partial charge is 0.234 e. The van der Waals surface area contributed by atoms with Crippen molar-refractivity contribution >= 4 is 35.0 Å². The van der Waals surface area contributed by atoms with E-state index in [-0.39, 0.29) is 11.7 Å². The maximum atomic E-state index is 12.5. The second-order valence-electron chi connectivity index (χ2n) is 6.90. The zero-order valence-corrected chi connectivity index (χ0v) is 18.5. The van der Waals surface area contributed by atoms with E-state index in [1.165, 1.54) is 11.8 Å². The maximum Gasteiger partial charge on any atom is 0.234 e. The van der Waals surface area contributed by atoms with E-state index in [4.69, 9.17) is 16.9 Å². The van der Waals surface area contributed by atoms with Crippen molar-refractivity contribution in [3.8, 4) is 11.8 Å². The fraction of sp³-hybridized carbons (Fsp3) is 0.0833. The van der Waals surface area contributed by atoms with Crippen LogP contribution in [-0.2, 0) is 11.2 Å². The van der Waals surface area contributed by atoms with E-state index in [9.17, 15) is 4.79 Å². The van der Waals surface area contributed by atoms with Crippen molar-refractivity contribution in [3.63, 3.8) is 0 Å². The van der Waals surface area contributed by atoms with Crippen LogP contribution in [0.4, 0.5) is 5.69 Å². The Bertz CT molecular complexity index is 1250. The third-order valence-corrected chi connectivity index (χ3v) is 5.80. The molecule has 3 aromatic carbocycles. The zero-order valence-electron chi connectivity index (χ0n) is 16.9. The largest absolute Gasteiger partial charge is 0.325 e. The molecule has 1 amide bonds. The fourth-order valence-corrected chi connectivity index (χ4v) is 3.99. The zero-order chi connectivity index (χ0) is 22.3. The Labute approximate surface area is 194 Å². The summed E-state index contributed by atoms with van der Waals surface area (Å²) >= 11 is 7.37. The molecule has 0 atom stereocenters. The van der Waals surface area contributed by atoms with Gasteiger partial charge in [0.25, 0.3) is 0 Å². The molecule has 6 nitrogen and oxygen atoms in total. The molecule has 158 valence electrons. The molecule has 0 unspecified atom stereocenters. The third-order valence-electron chi connectivity index (χ3n) is 4.62. The quantitative estimate of drug-likeness (QED) is 0.388. The van der Waals surface area contributed by atoms with Crippen LogP contribution >= 0.6 is 23.4 Å². The molecule has 4 aromatic rings. The molecule has 0 aliphatic rings. The molecule has 0 saturated heterocycles. The van der Waals surface area contributed by atoms with E-state index in [0.717, 1.165) is 17.1 Å². The maximum absolute atomic E-state index is 12.5. The number of nitriles is 1. The number of nitrogens with zero attached hydrogens (tertiary/aromatic N) is 4. The molecule has 0 spiro atoms. The van der Waals surface area contributed by atoms with Crippen LogP contribution in [0.3, 0.4) is 0 Å². The van der Waals surface area contributed by atoms with Crippen LogP contribution in [0.15, 0.2) is 84.0 Å². The van der Waals surface area contributed by atoms with Gasteiger partial charge >= 0.3 is 0 Å². The molecular weight excluding hydrogens is 442 g/mol. The van der Waals surface area contributed by atoms with Crippen molar-refractivity contribution in [2.75, 3.05) is 11.1 Å². The van der Waals surface area contributed by atoms with Gasteiger partial charge in [0, 0.05) is 22.8 Å². The van der Waals surface area contributed by atoms with Gasteiger partial charge in [-0.15, -0.1) is 10.2 Å². The second kappa shape index (κ2) is 10.1. The molecular formula is C24H18ClN5OS. The first-order valence-corrected chi connectivity index (χ1v) is 11.2. The van der Waals surface area contributed by atoms with Crippen molar-refractivity contribution in [1.29, 1.82) is 5.26 Å². The number of aromatic nitrogens is 3. The summed E-state index contributed by atoms with van der Waals surface area (Å²) in [5.41, 5.74) is 3.17. The molecule has 32 heavy (non-hydrogen) atoms. The lowest BCUT2D eigenvalue weighted by Crippen LogP contribution is -2.14. The molecule has 1 N–H and O–H groups in total. The number of carbonyl (C=O) groups excluding carboxylic acids is 1. The lowest BCUT2D eigenvalue weighted by atomic mass is 10.1. The Morgan fingerprint density at radius 3 is 2.41 bits per heavy atom. The molecule has 0 radical (unpaired) electrons. The molecule has 8 heteroatoms. The van der Waals surface area contributed by atoms with E-state index in [0.29, 0.717) is 27.9 Å². The van der Waals surface area contributed by atoms with Gasteiger partial charge in [-0.05, 0) is 54.1 Å². The highest BCUT2D eigenvalue weighted by molar-refractivity contribution is 7.99. The SMILES string of the molecule is N#Cc1ccc(NC(=O)CSc2nnc(Cc3ccccc3)n2-c2ccc(Cl)cc2)cc1. The molecule has 0 fully saturated rings. The lowest BCUT2D eigenvalue weighted by Gasteiger charge is -2.11. The minimum atomic E-state index is -0.171. The average Bonchev–Trinajstić information content (AvgIpc) is 3.21. The number of hydrogen-bond donors (Lipinski definition) is 1. The van der Waals surface area contributed by atoms with E-state index in [1.54, 1.807) is 24.3 Å². The molecule has 0 aliphatic carbocycles. The molecule has 1 heterocycles. The van der Waals surface area contributed by atoms with Gasteiger partial charge in [-0.2, -0.15) is 5.26 Å². The summed E-state index contributed by atoms with van der Waals surface area (Å²) in [6.45, 7) is 0. The molecule has 0 aliphatic heterocycles. The summed E-state index contributed by atoms with van der Waals surface area (Å²) in [6, 6.07) is 26.3. The minimum absolute atomic E-state index is 0.164. The number of rotatable bonds is 7. The number of halogens is 1. The standard InChI is InChI=1S/C24H18ClN5OS/c25-19-8-12-21(13-9-19)30-22(14-17-4-2-1-3-5-17)28-29-24(30)32-16-23(31)27-20-10-6-18(15-26)7-11-20/h1-13H,14,16H2,(H,27,31). The van der Waals surface area contributed by atoms with Gasteiger partial charge in [0.2, 0.25) is 5.91 Å². The number of nitrogens with one attached hydrogen (secondary N) is 1. The summed E-state index contributed by atoms with van der Waals surface area (Å²) in [5, 5.41) is 21.7. The highest BCUT2D eigenvalue weighted by atomic mass is 35.5. The van der Waals surface area contributed by atoms with Gasteiger partial charge in [-0.1, -0.05) is 53.7 Å². The highest BCUT2D eigenvalue weighted by Gasteiger charge is 2.16. The van der Waals surface area contributed by atoms with Crippen LogP contribution in [0.5, 0.6) is 0 Å². The molecule has 0 saturated carbocycles. The van der Waals surface area contributed by atoms with Gasteiger partial charge < -0.3 is 5.32 Å². The minimum Gasteiger partial charge on any atom is -0.325 e. The van der Waals surface area contributed by atoms with Crippen molar-refractivity contribution in [2.24, 2.45) is 0 Å². The summed E-state index contributed by atoms with van der Waals surface area (Å²) < 4.78 is 1.95. The first kappa shape index (κ1) is 21.6. The van der Waals surface area contributed by atoms with Gasteiger partial charge in [0.1, 0.15) is 5.82 Å². The lowest BCUT2D eigenvalue weighted by molar-refractivity contribution is -0.113. The van der Waals surface area contributed by atoms with Crippen LogP contribution in [0.2, 0.25) is 5.02 Å². The highest BCUT2D eigenvalue weighted by Crippen LogP contribution is 2.25. The summed E-state index contributed by atoms with van der Waals surface area (Å²) in [5.74, 6) is 0.764. The van der Waals surface area contributed by atoms with Crippen LogP contribution < -0.4 is 5.32 Å². The number of thioether (sulfide) groups is 1. The van der Waals surface area contributed by atoms with Crippen molar-refractivity contribution < 1.29 is 4.79 Å². The number of anilines is 1. The Morgan fingerprint density at radius 2 is 1.72 bits per heavy atom. The van der Waals surface area contributed by atoms with Gasteiger partial charge in [0.05, 0.1) is 17.4 Å². The van der Waals surface area contributed by atoms with Gasteiger partial charge in [0.15, 0.2) is 5.16 Å². The van der Waals surface area contributed by atoms with E-state index >= 15 is 0 Å². The number of amides is 1. The predicted molar refractivity (Wildman–Crippen MR) is 126 cm³/mol. The summed E-state index contributed by atoms with van der Waals surface area (Å²) in [7, 11) is 0. The number of carbonyl (C=O) groups is 1. The molecule has 1 aromatic heterocycles. The Balaban J connectivity index is 1.52. The third kappa shape index (κ3) is 5.35. The normalized spacial score (nSPS) is 10.5. The molecule has 4 rings (SSSR count). The van der Waals surface area contributed by atoms with Crippen LogP contribution in [-0.4, -0.2) is 26.4 Å². The van der Waals surface area contributed by atoms with E-state index in [1.807, 2.05) is 59.2 Å². The topological polar surface area (TPSA) is 83.6 Å². The predicted octanol–water partition coefficient (Wildman–Crippen LogP) is 5.11. The Kier molecular flexibility index (Phi) is 6.85. The molecule has 0 bridgehead atoms. The first-order valence-electron chi connectivity index (χ1n) is 9.79. The van der Waals surface area contributed by atoms with Crippen molar-refractivity contribution in [3.05, 3.63) is 101 Å². The van der Waals surface area contributed by atoms with Crippen molar-refractivity contribution in [2.45, 2.75) is 11.6 Å². The Hall–Kier alpha value is -3.60. The summed E-state index contributed by atoms with van der Waals surface area (Å²) in [6.07, 6.45) is 0.606. The fourth-order valence-electron chi connectivity index (χ4n) is 3.09. The van der Waals surface area contributed by atoms with Gasteiger partial charge in [-0.3, -0.25) is 9.36 Å². The average molecular weight is 460 g/mol. The van der Waals surface area contributed by atoms with Crippen LogP contribution in [0.25, 0.3) is 5.69 Å². The first-order chi connectivity index (χ1) is 15.6. The Morgan fingerprint density at radius 1 is 1.00 bits per heavy atom. The van der Waals surface area contributed by atoms with Crippen LogP contribution in [0.1, 0.15) is 17.0 Å². The number of hydrogen-bond acceptors (Lipinski definition) is 5. The van der Waals surface area contributed by atoms with Crippen LogP contribution in [0, 0.1) is 11.3 Å². The van der Waals surface area contributed by atoms with Crippen molar-refractivity contribution in [1.82, 2.24) is 14.8 Å². The van der Waals surface area contributed by atoms with Gasteiger partial charge in [-0.25, -0.2) is 0 Å². The summed E-state index contributed by atoms with van der Waals surface area (Å²) in [4.78, 5) is 12.5. The van der Waals surface area contributed by atoms with E-state index < -0.39 is 0 Å². The second-order valence-corrected chi connectivity index (χ2v) is 8.28. The monoisotopic (exact) mass is 459 g/mol. The number of benzene rings is 3. The van der Waals surface area contributed by atoms with E-state index in [2.05, 4.69) is 21.6 Å².